The van der Waals surface area contributed by atoms with Gasteiger partial charge >= 0.3 is 0 Å². The van der Waals surface area contributed by atoms with Crippen molar-refractivity contribution in [2.24, 2.45) is 0 Å². The van der Waals surface area contributed by atoms with E-state index in [9.17, 15) is 9.59 Å². The van der Waals surface area contributed by atoms with Gasteiger partial charge in [-0.1, -0.05) is 12.1 Å². The number of fused-ring (bicyclic) bond motifs is 1. The Bertz CT molecular complexity index is 853. The molecule has 2 heterocycles. The van der Waals surface area contributed by atoms with E-state index in [1.807, 2.05) is 30.3 Å². The molecule has 0 fully saturated rings. The first-order valence-electron chi connectivity index (χ1n) is 7.49. The lowest BCUT2D eigenvalue weighted by molar-refractivity contribution is -0.121. The Balaban J connectivity index is 1.54. The maximum absolute atomic E-state index is 12.0. The van der Waals surface area contributed by atoms with Crippen LogP contribution in [0.1, 0.15) is 17.9 Å². The third kappa shape index (κ3) is 3.85. The number of para-hydroxylation sites is 2. The molecule has 2 aromatic heterocycles. The van der Waals surface area contributed by atoms with Crippen LogP contribution in [0.2, 0.25) is 0 Å². The summed E-state index contributed by atoms with van der Waals surface area (Å²) in [6.45, 7) is 0.508. The predicted octanol–water partition coefficient (Wildman–Crippen LogP) is 1.81. The van der Waals surface area contributed by atoms with Gasteiger partial charge in [0, 0.05) is 25.8 Å². The van der Waals surface area contributed by atoms with Crippen molar-refractivity contribution in [3.8, 4) is 0 Å². The number of furan rings is 1. The number of benzene rings is 1. The molecule has 0 unspecified atom stereocenters. The van der Waals surface area contributed by atoms with E-state index in [1.165, 1.54) is 0 Å². The SMILES string of the molecule is O=C(CCc1nc2ccccc2[nH]c1=O)NCCc1ccco1. The molecule has 6 heteroatoms. The molecule has 0 bridgehead atoms. The fourth-order valence-corrected chi connectivity index (χ4v) is 2.34. The predicted molar refractivity (Wildman–Crippen MR) is 86.1 cm³/mol. The van der Waals surface area contributed by atoms with Crippen molar-refractivity contribution in [3.63, 3.8) is 0 Å². The summed E-state index contributed by atoms with van der Waals surface area (Å²) in [5.41, 5.74) is 1.56. The Morgan fingerprint density at radius 2 is 2.04 bits per heavy atom. The van der Waals surface area contributed by atoms with Crippen molar-refractivity contribution < 1.29 is 9.21 Å². The van der Waals surface area contributed by atoms with Gasteiger partial charge in [0.05, 0.1) is 17.3 Å². The maximum atomic E-state index is 12.0. The van der Waals surface area contributed by atoms with Crippen molar-refractivity contribution in [3.05, 3.63) is 64.5 Å². The first kappa shape index (κ1) is 15.0. The van der Waals surface area contributed by atoms with Crippen molar-refractivity contribution in [2.75, 3.05) is 6.54 Å². The molecule has 0 aliphatic carbocycles. The fraction of sp³-hybridized carbons (Fsp3) is 0.235. The lowest BCUT2D eigenvalue weighted by Crippen LogP contribution is -2.27. The number of nitrogens with one attached hydrogen (secondary N) is 2. The Labute approximate surface area is 132 Å². The summed E-state index contributed by atoms with van der Waals surface area (Å²) in [6, 6.07) is 11.0. The molecule has 0 atom stereocenters. The van der Waals surface area contributed by atoms with Crippen LogP contribution in [0.4, 0.5) is 0 Å². The number of amides is 1. The average molecular weight is 311 g/mol. The van der Waals surface area contributed by atoms with Gasteiger partial charge in [0.2, 0.25) is 5.91 Å². The Morgan fingerprint density at radius 3 is 2.87 bits per heavy atom. The summed E-state index contributed by atoms with van der Waals surface area (Å²) in [5, 5.41) is 2.81. The van der Waals surface area contributed by atoms with E-state index < -0.39 is 0 Å². The van der Waals surface area contributed by atoms with Crippen molar-refractivity contribution in [2.45, 2.75) is 19.3 Å². The minimum atomic E-state index is -0.243. The summed E-state index contributed by atoms with van der Waals surface area (Å²) in [4.78, 5) is 30.9. The number of aromatic nitrogens is 2. The lowest BCUT2D eigenvalue weighted by atomic mass is 10.2. The number of nitrogens with zero attached hydrogens (tertiary/aromatic N) is 1. The summed E-state index contributed by atoms with van der Waals surface area (Å²) in [5.74, 6) is 0.726. The molecule has 3 rings (SSSR count). The van der Waals surface area contributed by atoms with Crippen LogP contribution >= 0.6 is 0 Å². The topological polar surface area (TPSA) is 88.0 Å². The average Bonchev–Trinajstić information content (AvgIpc) is 3.06. The molecule has 23 heavy (non-hydrogen) atoms. The van der Waals surface area contributed by atoms with Crippen LogP contribution in [0.25, 0.3) is 11.0 Å². The van der Waals surface area contributed by atoms with Crippen molar-refractivity contribution >= 4 is 16.9 Å². The molecular weight excluding hydrogens is 294 g/mol. The zero-order chi connectivity index (χ0) is 16.1. The molecule has 0 aliphatic rings. The van der Waals surface area contributed by atoms with Gasteiger partial charge < -0.3 is 14.7 Å². The van der Waals surface area contributed by atoms with Crippen LogP contribution in [-0.2, 0) is 17.6 Å². The second-order valence-electron chi connectivity index (χ2n) is 5.21. The lowest BCUT2D eigenvalue weighted by Gasteiger charge is -2.04. The molecule has 6 nitrogen and oxygen atoms in total. The van der Waals surface area contributed by atoms with E-state index in [-0.39, 0.29) is 17.9 Å². The highest BCUT2D eigenvalue weighted by molar-refractivity contribution is 5.76. The van der Waals surface area contributed by atoms with Gasteiger partial charge in [-0.15, -0.1) is 0 Å². The summed E-state index contributed by atoms with van der Waals surface area (Å²) >= 11 is 0. The highest BCUT2D eigenvalue weighted by atomic mass is 16.3. The second-order valence-corrected chi connectivity index (χ2v) is 5.21. The van der Waals surface area contributed by atoms with E-state index in [2.05, 4.69) is 15.3 Å². The smallest absolute Gasteiger partial charge is 0.270 e. The van der Waals surface area contributed by atoms with Gasteiger partial charge in [0.1, 0.15) is 11.5 Å². The summed E-state index contributed by atoms with van der Waals surface area (Å²) in [7, 11) is 0. The number of rotatable bonds is 6. The third-order valence-corrected chi connectivity index (χ3v) is 3.53. The minimum Gasteiger partial charge on any atom is -0.469 e. The first-order chi connectivity index (χ1) is 11.2. The van der Waals surface area contributed by atoms with Gasteiger partial charge in [0.25, 0.3) is 5.56 Å². The molecule has 2 N–H and O–H groups in total. The zero-order valence-corrected chi connectivity index (χ0v) is 12.5. The summed E-state index contributed by atoms with van der Waals surface area (Å²) in [6.07, 6.45) is 2.79. The van der Waals surface area contributed by atoms with Crippen LogP contribution in [0.15, 0.2) is 51.9 Å². The number of aromatic amines is 1. The molecule has 1 aromatic carbocycles. The molecule has 0 aliphatic heterocycles. The molecule has 0 saturated heterocycles. The quantitative estimate of drug-likeness (QED) is 0.726. The fourth-order valence-electron chi connectivity index (χ4n) is 2.34. The van der Waals surface area contributed by atoms with E-state index in [0.717, 1.165) is 11.3 Å². The van der Waals surface area contributed by atoms with Crippen LogP contribution in [0.5, 0.6) is 0 Å². The molecule has 0 spiro atoms. The van der Waals surface area contributed by atoms with Gasteiger partial charge in [-0.25, -0.2) is 4.98 Å². The van der Waals surface area contributed by atoms with E-state index in [1.54, 1.807) is 12.3 Å². The third-order valence-electron chi connectivity index (χ3n) is 3.53. The number of carbonyl (C=O) groups is 1. The Kier molecular flexibility index (Phi) is 4.52. The monoisotopic (exact) mass is 311 g/mol. The van der Waals surface area contributed by atoms with E-state index >= 15 is 0 Å². The number of aryl methyl sites for hydroxylation is 1. The van der Waals surface area contributed by atoms with Crippen molar-refractivity contribution in [1.82, 2.24) is 15.3 Å². The zero-order valence-electron chi connectivity index (χ0n) is 12.5. The molecular formula is C17H17N3O3. The van der Waals surface area contributed by atoms with Crippen LogP contribution in [0.3, 0.4) is 0 Å². The number of hydrogen-bond donors (Lipinski definition) is 2. The highest BCUT2D eigenvalue weighted by Gasteiger charge is 2.08. The summed E-state index contributed by atoms with van der Waals surface area (Å²) < 4.78 is 5.19. The molecule has 118 valence electrons. The maximum Gasteiger partial charge on any atom is 0.270 e. The van der Waals surface area contributed by atoms with Gasteiger partial charge in [0.15, 0.2) is 0 Å². The van der Waals surface area contributed by atoms with Gasteiger partial charge in [-0.2, -0.15) is 0 Å². The Hall–Kier alpha value is -2.89. The van der Waals surface area contributed by atoms with Crippen molar-refractivity contribution in [1.29, 1.82) is 0 Å². The first-order valence-corrected chi connectivity index (χ1v) is 7.49. The molecule has 0 radical (unpaired) electrons. The minimum absolute atomic E-state index is 0.106. The molecule has 0 saturated carbocycles. The number of carbonyl (C=O) groups excluding carboxylic acids is 1. The van der Waals surface area contributed by atoms with Gasteiger partial charge in [-0.05, 0) is 24.3 Å². The van der Waals surface area contributed by atoms with Crippen LogP contribution in [0, 0.1) is 0 Å². The molecule has 1 amide bonds. The van der Waals surface area contributed by atoms with Gasteiger partial charge in [-0.3, -0.25) is 9.59 Å². The molecule has 3 aromatic rings. The Morgan fingerprint density at radius 1 is 1.17 bits per heavy atom. The van der Waals surface area contributed by atoms with Crippen LogP contribution in [-0.4, -0.2) is 22.4 Å². The van der Waals surface area contributed by atoms with E-state index in [0.29, 0.717) is 30.6 Å². The number of H-pyrrole nitrogens is 1. The highest BCUT2D eigenvalue weighted by Crippen LogP contribution is 2.07. The van der Waals surface area contributed by atoms with E-state index in [4.69, 9.17) is 4.42 Å². The van der Waals surface area contributed by atoms with Crippen LogP contribution < -0.4 is 10.9 Å². The number of hydrogen-bond acceptors (Lipinski definition) is 4. The standard InChI is InChI=1S/C17H17N3O3/c21-16(18-10-9-12-4-3-11-23-12)8-7-15-17(22)20-14-6-2-1-5-13(14)19-15/h1-6,11H,7-10H2,(H,18,21)(H,20,22). The normalized spacial score (nSPS) is 10.8. The largest absolute Gasteiger partial charge is 0.469 e. The second kappa shape index (κ2) is 6.91.